The zero-order valence-corrected chi connectivity index (χ0v) is 13.9. The molecule has 4 heteroatoms. The van der Waals surface area contributed by atoms with Gasteiger partial charge in [-0.2, -0.15) is 4.98 Å². The van der Waals surface area contributed by atoms with Crippen LogP contribution in [0.3, 0.4) is 0 Å². The first-order chi connectivity index (χ1) is 12.2. The summed E-state index contributed by atoms with van der Waals surface area (Å²) in [6.07, 6.45) is 1.71. The first-order valence-corrected chi connectivity index (χ1v) is 8.19. The Morgan fingerprint density at radius 2 is 1.68 bits per heavy atom. The van der Waals surface area contributed by atoms with Gasteiger partial charge in [-0.05, 0) is 24.6 Å². The van der Waals surface area contributed by atoms with Crippen molar-refractivity contribution in [1.82, 2.24) is 14.5 Å². The van der Waals surface area contributed by atoms with Gasteiger partial charge < -0.3 is 4.57 Å². The number of aromatic nitrogens is 3. The highest BCUT2D eigenvalue weighted by molar-refractivity contribution is 5.76. The van der Waals surface area contributed by atoms with Gasteiger partial charge in [-0.1, -0.05) is 60.2 Å². The third-order valence-electron chi connectivity index (χ3n) is 4.23. The fourth-order valence-corrected chi connectivity index (χ4v) is 2.93. The second-order valence-electron chi connectivity index (χ2n) is 6.05. The Hall–Kier alpha value is -3.27. The predicted octanol–water partition coefficient (Wildman–Crippen LogP) is 3.82. The molecule has 0 saturated heterocycles. The monoisotopic (exact) mass is 327 g/mol. The fraction of sp³-hybridized carbons (Fsp3) is 0.0952. The van der Waals surface area contributed by atoms with Crippen molar-refractivity contribution >= 4 is 11.0 Å². The average molecular weight is 327 g/mol. The molecule has 0 bridgehead atoms. The lowest BCUT2D eigenvalue weighted by atomic mass is 10.1. The maximum atomic E-state index is 12.5. The summed E-state index contributed by atoms with van der Waals surface area (Å²) in [5, 5.41) is 0.536. The third-order valence-corrected chi connectivity index (χ3v) is 4.23. The summed E-state index contributed by atoms with van der Waals surface area (Å²) in [4.78, 5) is 21.3. The number of pyridine rings is 1. The lowest BCUT2D eigenvalue weighted by molar-refractivity contribution is 0.798. The molecule has 0 N–H and O–H groups in total. The second kappa shape index (κ2) is 6.32. The van der Waals surface area contributed by atoms with Gasteiger partial charge >= 0.3 is 0 Å². The number of hydrogen-bond acceptors (Lipinski definition) is 3. The number of rotatable bonds is 3. The molecule has 122 valence electrons. The van der Waals surface area contributed by atoms with Crippen LogP contribution in [-0.2, 0) is 6.54 Å². The molecule has 0 unspecified atom stereocenters. The van der Waals surface area contributed by atoms with Crippen LogP contribution >= 0.6 is 0 Å². The van der Waals surface area contributed by atoms with E-state index in [2.05, 4.69) is 22.1 Å². The van der Waals surface area contributed by atoms with E-state index in [9.17, 15) is 4.79 Å². The molecular weight excluding hydrogens is 310 g/mol. The molecule has 4 nitrogen and oxygen atoms in total. The Labute approximate surface area is 145 Å². The van der Waals surface area contributed by atoms with E-state index >= 15 is 0 Å². The van der Waals surface area contributed by atoms with Crippen LogP contribution in [0.25, 0.3) is 22.4 Å². The Morgan fingerprint density at radius 3 is 2.44 bits per heavy atom. The summed E-state index contributed by atoms with van der Waals surface area (Å²) >= 11 is 0. The standard InChI is InChI=1S/C21H17N3O/c1-15-9-11-17(12-10-15)19-23-21(25)18-8-5-13-22-20(18)24(19)14-16-6-3-2-4-7-16/h2-13H,14H2,1H3. The van der Waals surface area contributed by atoms with E-state index in [1.807, 2.05) is 54.0 Å². The Morgan fingerprint density at radius 1 is 0.920 bits per heavy atom. The molecule has 0 atom stereocenters. The van der Waals surface area contributed by atoms with Crippen molar-refractivity contribution in [2.24, 2.45) is 0 Å². The number of nitrogens with zero attached hydrogens (tertiary/aromatic N) is 3. The first kappa shape index (κ1) is 15.3. The zero-order chi connectivity index (χ0) is 17.2. The minimum Gasteiger partial charge on any atom is -0.305 e. The molecule has 0 spiro atoms. The molecule has 0 aliphatic carbocycles. The van der Waals surface area contributed by atoms with Crippen LogP contribution in [0.2, 0.25) is 0 Å². The van der Waals surface area contributed by atoms with Gasteiger partial charge in [0.1, 0.15) is 11.5 Å². The summed E-state index contributed by atoms with van der Waals surface area (Å²) in [7, 11) is 0. The van der Waals surface area contributed by atoms with E-state index in [0.717, 1.165) is 11.1 Å². The molecule has 25 heavy (non-hydrogen) atoms. The van der Waals surface area contributed by atoms with Crippen LogP contribution in [0.1, 0.15) is 11.1 Å². The van der Waals surface area contributed by atoms with E-state index in [4.69, 9.17) is 0 Å². The summed E-state index contributed by atoms with van der Waals surface area (Å²) < 4.78 is 2.01. The van der Waals surface area contributed by atoms with Crippen LogP contribution in [0, 0.1) is 6.92 Å². The minimum atomic E-state index is -0.247. The van der Waals surface area contributed by atoms with Crippen LogP contribution in [0.5, 0.6) is 0 Å². The van der Waals surface area contributed by atoms with E-state index < -0.39 is 0 Å². The van der Waals surface area contributed by atoms with Gasteiger partial charge in [0.25, 0.3) is 5.56 Å². The van der Waals surface area contributed by atoms with Crippen molar-refractivity contribution in [2.75, 3.05) is 0 Å². The van der Waals surface area contributed by atoms with Crippen LogP contribution in [-0.4, -0.2) is 14.5 Å². The molecule has 0 saturated carbocycles. The van der Waals surface area contributed by atoms with Crippen LogP contribution < -0.4 is 5.56 Å². The lowest BCUT2D eigenvalue weighted by Crippen LogP contribution is -2.18. The van der Waals surface area contributed by atoms with Crippen molar-refractivity contribution in [1.29, 1.82) is 0 Å². The van der Waals surface area contributed by atoms with Crippen molar-refractivity contribution in [3.8, 4) is 11.4 Å². The van der Waals surface area contributed by atoms with Gasteiger partial charge in [0.2, 0.25) is 0 Å². The topological polar surface area (TPSA) is 47.8 Å². The Bertz CT molecular complexity index is 1080. The normalized spacial score (nSPS) is 10.9. The molecule has 0 aliphatic rings. The number of aryl methyl sites for hydroxylation is 1. The van der Waals surface area contributed by atoms with E-state index in [1.165, 1.54) is 5.56 Å². The molecule has 0 aliphatic heterocycles. The van der Waals surface area contributed by atoms with Gasteiger partial charge in [-0.25, -0.2) is 4.98 Å². The molecule has 0 amide bonds. The first-order valence-electron chi connectivity index (χ1n) is 8.19. The molecule has 0 fully saturated rings. The van der Waals surface area contributed by atoms with Gasteiger partial charge in [-0.3, -0.25) is 4.79 Å². The smallest absolute Gasteiger partial charge is 0.282 e. The number of fused-ring (bicyclic) bond motifs is 1. The maximum absolute atomic E-state index is 12.5. The summed E-state index contributed by atoms with van der Waals surface area (Å²) in [6, 6.07) is 21.7. The molecule has 2 aromatic heterocycles. The van der Waals surface area contributed by atoms with Crippen LogP contribution in [0.15, 0.2) is 77.7 Å². The SMILES string of the molecule is Cc1ccc(-c2nc(=O)c3cccnc3n2Cc2ccccc2)cc1. The molecule has 2 aromatic carbocycles. The fourth-order valence-electron chi connectivity index (χ4n) is 2.93. The summed E-state index contributed by atoms with van der Waals surface area (Å²) in [5.41, 5.74) is 3.61. The molecule has 4 rings (SSSR count). The average Bonchev–Trinajstić information content (AvgIpc) is 2.66. The third kappa shape index (κ3) is 2.94. The van der Waals surface area contributed by atoms with Crippen molar-refractivity contribution in [3.63, 3.8) is 0 Å². The quantitative estimate of drug-likeness (QED) is 0.575. The number of benzene rings is 2. The molecule has 0 radical (unpaired) electrons. The van der Waals surface area contributed by atoms with Gasteiger partial charge in [0.15, 0.2) is 0 Å². The van der Waals surface area contributed by atoms with Gasteiger partial charge in [0.05, 0.1) is 11.9 Å². The Kier molecular flexibility index (Phi) is 3.86. The highest BCUT2D eigenvalue weighted by Gasteiger charge is 2.13. The Balaban J connectivity index is 1.99. The maximum Gasteiger partial charge on any atom is 0.282 e. The van der Waals surface area contributed by atoms with Gasteiger partial charge in [0, 0.05) is 11.8 Å². The van der Waals surface area contributed by atoms with E-state index in [1.54, 1.807) is 18.3 Å². The predicted molar refractivity (Wildman–Crippen MR) is 99.5 cm³/mol. The minimum absolute atomic E-state index is 0.247. The highest BCUT2D eigenvalue weighted by Crippen LogP contribution is 2.21. The van der Waals surface area contributed by atoms with E-state index in [-0.39, 0.29) is 5.56 Å². The van der Waals surface area contributed by atoms with Crippen molar-refractivity contribution in [2.45, 2.75) is 13.5 Å². The van der Waals surface area contributed by atoms with Crippen molar-refractivity contribution in [3.05, 3.63) is 94.4 Å². The van der Waals surface area contributed by atoms with Crippen LogP contribution in [0.4, 0.5) is 0 Å². The molecule has 2 heterocycles. The van der Waals surface area contributed by atoms with Gasteiger partial charge in [-0.15, -0.1) is 0 Å². The second-order valence-corrected chi connectivity index (χ2v) is 6.05. The highest BCUT2D eigenvalue weighted by atomic mass is 16.1. The van der Waals surface area contributed by atoms with Crippen molar-refractivity contribution < 1.29 is 0 Å². The molecular formula is C21H17N3O. The summed E-state index contributed by atoms with van der Waals surface area (Å²) in [5.74, 6) is 0.639. The van der Waals surface area contributed by atoms with E-state index in [0.29, 0.717) is 23.4 Å². The lowest BCUT2D eigenvalue weighted by Gasteiger charge is -2.15. The molecule has 4 aromatic rings. The number of hydrogen-bond donors (Lipinski definition) is 0. The largest absolute Gasteiger partial charge is 0.305 e. The summed E-state index contributed by atoms with van der Waals surface area (Å²) in [6.45, 7) is 2.64. The zero-order valence-electron chi connectivity index (χ0n) is 13.9.